The molecule has 0 bridgehead atoms. The summed E-state index contributed by atoms with van der Waals surface area (Å²) in [5.41, 5.74) is 0. The summed E-state index contributed by atoms with van der Waals surface area (Å²) in [6.45, 7) is -1.02. The molecule has 0 aliphatic carbocycles. The van der Waals surface area contributed by atoms with Crippen molar-refractivity contribution >= 4 is 12.0 Å². The minimum atomic E-state index is -4.38. The minimum absolute atomic E-state index is 0.214. The van der Waals surface area contributed by atoms with Gasteiger partial charge in [-0.1, -0.05) is 0 Å². The topological polar surface area (TPSA) is 89.9 Å². The summed E-state index contributed by atoms with van der Waals surface area (Å²) in [6, 6.07) is -2.25. The average molecular weight is 272 g/mol. The van der Waals surface area contributed by atoms with Crippen LogP contribution in [0.1, 0.15) is 12.8 Å². The van der Waals surface area contributed by atoms with E-state index in [1.165, 1.54) is 0 Å². The second-order valence-electron chi connectivity index (χ2n) is 3.64. The molecule has 0 spiro atoms. The van der Waals surface area contributed by atoms with Gasteiger partial charge in [0.1, 0.15) is 6.04 Å². The third-order valence-corrected chi connectivity index (χ3v) is 2.09. The molecule has 0 aliphatic heterocycles. The number of hydrogen-bond donors (Lipinski definition) is 3. The van der Waals surface area contributed by atoms with Gasteiger partial charge in [-0.3, -0.25) is 0 Å². The first-order valence-electron chi connectivity index (χ1n) is 5.09. The van der Waals surface area contributed by atoms with Gasteiger partial charge in [-0.2, -0.15) is 13.2 Å². The van der Waals surface area contributed by atoms with Gasteiger partial charge in [0.15, 0.2) is 0 Å². The summed E-state index contributed by atoms with van der Waals surface area (Å²) >= 11 is 0. The lowest BCUT2D eigenvalue weighted by Gasteiger charge is -2.21. The first-order valence-corrected chi connectivity index (χ1v) is 5.09. The Hall–Kier alpha value is -1.51. The summed E-state index contributed by atoms with van der Waals surface area (Å²) in [5.74, 6) is -1.36. The number of carbonyl (C=O) groups excluding carboxylic acids is 1. The molecular formula is C9H15F3N2O4. The van der Waals surface area contributed by atoms with Crippen LogP contribution >= 0.6 is 0 Å². The fourth-order valence-electron chi connectivity index (χ4n) is 1.04. The van der Waals surface area contributed by atoms with Crippen LogP contribution in [-0.4, -0.2) is 59.5 Å². The van der Waals surface area contributed by atoms with Crippen molar-refractivity contribution in [2.75, 3.05) is 20.2 Å². The van der Waals surface area contributed by atoms with Crippen molar-refractivity contribution in [3.63, 3.8) is 0 Å². The number of aliphatic carboxylic acids is 1. The number of carboxylic acid groups (broad SMARTS) is 1. The smallest absolute Gasteiger partial charge is 0.390 e. The molecule has 3 N–H and O–H groups in total. The van der Waals surface area contributed by atoms with Crippen LogP contribution in [0.15, 0.2) is 0 Å². The van der Waals surface area contributed by atoms with Crippen molar-refractivity contribution in [2.45, 2.75) is 25.1 Å². The highest BCUT2D eigenvalue weighted by Gasteiger charge is 2.29. The number of hydrogen-bond acceptors (Lipinski definition) is 3. The molecule has 0 saturated carbocycles. The number of alkyl halides is 3. The van der Waals surface area contributed by atoms with Crippen molar-refractivity contribution in [3.8, 4) is 0 Å². The highest BCUT2D eigenvalue weighted by molar-refractivity contribution is 5.82. The number of nitrogens with zero attached hydrogens (tertiary/aromatic N) is 1. The van der Waals surface area contributed by atoms with Crippen LogP contribution in [0.3, 0.4) is 0 Å². The number of rotatable bonds is 6. The van der Waals surface area contributed by atoms with Crippen LogP contribution in [0.5, 0.6) is 0 Å². The maximum atomic E-state index is 11.9. The van der Waals surface area contributed by atoms with E-state index >= 15 is 0 Å². The van der Waals surface area contributed by atoms with Crippen molar-refractivity contribution in [2.24, 2.45) is 0 Å². The van der Waals surface area contributed by atoms with Crippen LogP contribution in [0.25, 0.3) is 0 Å². The quantitative estimate of drug-likeness (QED) is 0.653. The first-order chi connectivity index (χ1) is 8.17. The Labute approximate surface area is 101 Å². The molecular weight excluding hydrogens is 257 g/mol. The lowest BCUT2D eigenvalue weighted by Crippen LogP contribution is -2.47. The molecule has 0 aromatic carbocycles. The molecule has 9 heteroatoms. The molecule has 2 amide bonds. The number of carbonyl (C=O) groups is 2. The van der Waals surface area contributed by atoms with Crippen LogP contribution in [0, 0.1) is 0 Å². The Bertz CT molecular complexity index is 296. The molecule has 0 aliphatic rings. The van der Waals surface area contributed by atoms with Gasteiger partial charge in [0.25, 0.3) is 0 Å². The summed E-state index contributed by atoms with van der Waals surface area (Å²) in [4.78, 5) is 22.7. The van der Waals surface area contributed by atoms with Crippen molar-refractivity contribution < 1.29 is 33.0 Å². The van der Waals surface area contributed by atoms with E-state index in [4.69, 9.17) is 10.2 Å². The molecule has 0 aromatic heterocycles. The van der Waals surface area contributed by atoms with Gasteiger partial charge >= 0.3 is 18.2 Å². The van der Waals surface area contributed by atoms with E-state index in [1.807, 2.05) is 5.32 Å². The molecule has 106 valence electrons. The predicted molar refractivity (Wildman–Crippen MR) is 55.0 cm³/mol. The van der Waals surface area contributed by atoms with Crippen LogP contribution in [0.4, 0.5) is 18.0 Å². The van der Waals surface area contributed by atoms with Gasteiger partial charge in [0.2, 0.25) is 0 Å². The van der Waals surface area contributed by atoms with Gasteiger partial charge in [-0.05, 0) is 0 Å². The average Bonchev–Trinajstić information content (AvgIpc) is 2.23. The molecule has 18 heavy (non-hydrogen) atoms. The van der Waals surface area contributed by atoms with E-state index in [0.717, 1.165) is 11.9 Å². The molecule has 1 atom stereocenters. The van der Waals surface area contributed by atoms with Crippen LogP contribution < -0.4 is 5.32 Å². The number of carboxylic acids is 1. The Balaban J connectivity index is 4.24. The number of aliphatic hydroxyl groups is 1. The minimum Gasteiger partial charge on any atom is -0.480 e. The van der Waals surface area contributed by atoms with Crippen molar-refractivity contribution in [1.82, 2.24) is 10.2 Å². The van der Waals surface area contributed by atoms with E-state index in [-0.39, 0.29) is 6.42 Å². The molecule has 0 aromatic rings. The maximum absolute atomic E-state index is 11.9. The summed E-state index contributed by atoms with van der Waals surface area (Å²) in [5, 5.41) is 19.3. The van der Waals surface area contributed by atoms with Gasteiger partial charge in [-0.25, -0.2) is 9.59 Å². The second kappa shape index (κ2) is 7.04. The Kier molecular flexibility index (Phi) is 6.45. The molecule has 0 rings (SSSR count). The lowest BCUT2D eigenvalue weighted by molar-refractivity contribution is -0.140. The Morgan fingerprint density at radius 3 is 2.33 bits per heavy atom. The Morgan fingerprint density at radius 1 is 1.39 bits per heavy atom. The second-order valence-corrected chi connectivity index (χ2v) is 3.64. The molecule has 0 radical (unpaired) electrons. The van der Waals surface area contributed by atoms with Gasteiger partial charge in [0, 0.05) is 26.6 Å². The third-order valence-electron chi connectivity index (χ3n) is 2.09. The van der Waals surface area contributed by atoms with Gasteiger partial charge < -0.3 is 20.4 Å². The molecule has 0 fully saturated rings. The number of amides is 2. The monoisotopic (exact) mass is 272 g/mol. The number of urea groups is 1. The van der Waals surface area contributed by atoms with E-state index in [1.54, 1.807) is 0 Å². The van der Waals surface area contributed by atoms with Gasteiger partial charge in [-0.15, -0.1) is 0 Å². The summed E-state index contributed by atoms with van der Waals surface area (Å²) < 4.78 is 35.7. The Morgan fingerprint density at radius 2 is 1.94 bits per heavy atom. The highest BCUT2D eigenvalue weighted by Crippen LogP contribution is 2.19. The lowest BCUT2D eigenvalue weighted by atomic mass is 10.2. The largest absolute Gasteiger partial charge is 0.480 e. The fourth-order valence-corrected chi connectivity index (χ4v) is 1.04. The van der Waals surface area contributed by atoms with E-state index < -0.39 is 43.8 Å². The third kappa shape index (κ3) is 6.94. The van der Waals surface area contributed by atoms with Gasteiger partial charge in [0.05, 0.1) is 6.42 Å². The van der Waals surface area contributed by atoms with Crippen LogP contribution in [-0.2, 0) is 4.79 Å². The first kappa shape index (κ1) is 16.5. The summed E-state index contributed by atoms with van der Waals surface area (Å²) in [7, 11) is 1.12. The van der Waals surface area contributed by atoms with Crippen molar-refractivity contribution in [3.05, 3.63) is 0 Å². The normalized spacial score (nSPS) is 12.9. The van der Waals surface area contributed by atoms with E-state index in [2.05, 4.69) is 0 Å². The summed E-state index contributed by atoms with van der Waals surface area (Å²) in [6.07, 6.45) is -5.77. The van der Waals surface area contributed by atoms with Crippen molar-refractivity contribution in [1.29, 1.82) is 0 Å². The molecule has 0 unspecified atom stereocenters. The zero-order valence-electron chi connectivity index (χ0n) is 9.70. The standard InChI is InChI=1S/C9H15F3N2O4/c1-14(4-3-9(10,11)12)8(18)13-6(2-5-15)7(16)17/h6,15H,2-5H2,1H3,(H,13,18)(H,16,17)/t6-/m1/s1. The zero-order chi connectivity index (χ0) is 14.3. The fraction of sp³-hybridized carbons (Fsp3) is 0.778. The number of nitrogens with one attached hydrogen (secondary N) is 1. The number of aliphatic hydroxyl groups excluding tert-OH is 1. The van der Waals surface area contributed by atoms with E-state index in [0.29, 0.717) is 0 Å². The maximum Gasteiger partial charge on any atom is 0.390 e. The van der Waals surface area contributed by atoms with E-state index in [9.17, 15) is 22.8 Å². The molecule has 6 nitrogen and oxygen atoms in total. The SMILES string of the molecule is CN(CCC(F)(F)F)C(=O)N[C@H](CCO)C(=O)O. The number of halogens is 3. The van der Waals surface area contributed by atoms with Crippen LogP contribution in [0.2, 0.25) is 0 Å². The highest BCUT2D eigenvalue weighted by atomic mass is 19.4. The molecule has 0 saturated heterocycles. The molecule has 0 heterocycles. The zero-order valence-corrected chi connectivity index (χ0v) is 9.70. The predicted octanol–water partition coefficient (Wildman–Crippen LogP) is 0.416.